The molecule has 0 aliphatic carbocycles. The van der Waals surface area contributed by atoms with Crippen LogP contribution in [0, 0.1) is 0 Å². The van der Waals surface area contributed by atoms with Gasteiger partial charge in [0.2, 0.25) is 0 Å². The molecule has 0 aliphatic heterocycles. The van der Waals surface area contributed by atoms with Crippen LogP contribution in [-0.4, -0.2) is 39.8 Å². The second kappa shape index (κ2) is 11.9. The Labute approximate surface area is 130 Å². The maximum atomic E-state index is 8.06. The third-order valence-electron chi connectivity index (χ3n) is 2.36. The van der Waals surface area contributed by atoms with Crippen LogP contribution in [0.25, 0.3) is 0 Å². The Morgan fingerprint density at radius 2 is 1.29 bits per heavy atom. The van der Waals surface area contributed by atoms with E-state index in [2.05, 4.69) is 12.1 Å². The van der Waals surface area contributed by atoms with Crippen LogP contribution in [0.2, 0.25) is 0 Å². The quantitative estimate of drug-likeness (QED) is 0.749. The molecule has 5 heteroatoms. The van der Waals surface area contributed by atoms with E-state index in [0.29, 0.717) is 19.8 Å². The molecule has 0 aromatic heterocycles. The van der Waals surface area contributed by atoms with E-state index in [1.165, 1.54) is 5.56 Å². The summed E-state index contributed by atoms with van der Waals surface area (Å²) in [5.41, 5.74) is 1.20. The van der Waals surface area contributed by atoms with E-state index in [4.69, 9.17) is 18.4 Å². The molecule has 0 saturated carbocycles. The molecular formula is C16H30O4Si. The fourth-order valence-corrected chi connectivity index (χ4v) is 4.40. The van der Waals surface area contributed by atoms with Gasteiger partial charge in [0.15, 0.2) is 0 Å². The summed E-state index contributed by atoms with van der Waals surface area (Å²) < 4.78 is 17.4. The van der Waals surface area contributed by atoms with Crippen LogP contribution in [0.3, 0.4) is 0 Å². The standard InChI is InChI=1S/C13H22O3Si.C3H8O/c1-4-14-17(15-5-2,16-6-3)12-13-10-8-7-9-11-13;1-3(2)4/h7-11H,4-6,12H2,1-3H3;3-4H,1-2H3. The summed E-state index contributed by atoms with van der Waals surface area (Å²) in [5.74, 6) is 0. The van der Waals surface area contributed by atoms with E-state index in [9.17, 15) is 0 Å². The number of rotatable bonds is 8. The van der Waals surface area contributed by atoms with Gasteiger partial charge in [-0.1, -0.05) is 30.3 Å². The highest BCUT2D eigenvalue weighted by Crippen LogP contribution is 2.16. The lowest BCUT2D eigenvalue weighted by Gasteiger charge is -2.28. The van der Waals surface area contributed by atoms with Crippen molar-refractivity contribution in [2.75, 3.05) is 19.8 Å². The fourth-order valence-electron chi connectivity index (χ4n) is 1.78. The highest BCUT2D eigenvalue weighted by molar-refractivity contribution is 6.60. The average molecular weight is 314 g/mol. The summed E-state index contributed by atoms with van der Waals surface area (Å²) in [7, 11) is -2.54. The van der Waals surface area contributed by atoms with E-state index < -0.39 is 8.80 Å². The lowest BCUT2D eigenvalue weighted by atomic mass is 10.2. The Hall–Kier alpha value is -0.723. The SMILES string of the molecule is CC(C)O.CCO[Si](Cc1ccccc1)(OCC)OCC. The van der Waals surface area contributed by atoms with Gasteiger partial charge >= 0.3 is 8.80 Å². The number of benzene rings is 1. The van der Waals surface area contributed by atoms with Crippen molar-refractivity contribution in [3.63, 3.8) is 0 Å². The van der Waals surface area contributed by atoms with E-state index in [1.807, 2.05) is 39.0 Å². The zero-order valence-corrected chi connectivity index (χ0v) is 15.0. The van der Waals surface area contributed by atoms with Gasteiger partial charge < -0.3 is 18.4 Å². The van der Waals surface area contributed by atoms with Gasteiger partial charge in [-0.15, -0.1) is 0 Å². The summed E-state index contributed by atoms with van der Waals surface area (Å²) in [4.78, 5) is 0. The van der Waals surface area contributed by atoms with Crippen LogP contribution in [0.4, 0.5) is 0 Å². The first kappa shape index (κ1) is 20.3. The number of hydrogen-bond acceptors (Lipinski definition) is 4. The molecule has 0 heterocycles. The minimum atomic E-state index is -2.54. The van der Waals surface area contributed by atoms with E-state index in [1.54, 1.807) is 13.8 Å². The molecule has 0 bridgehead atoms. The van der Waals surface area contributed by atoms with Crippen LogP contribution in [0.1, 0.15) is 40.2 Å². The molecule has 0 fully saturated rings. The van der Waals surface area contributed by atoms with Gasteiger partial charge in [0.25, 0.3) is 0 Å². The van der Waals surface area contributed by atoms with Gasteiger partial charge in [0.05, 0.1) is 0 Å². The first-order valence-electron chi connectivity index (χ1n) is 7.63. The Bertz CT molecular complexity index is 324. The normalized spacial score (nSPS) is 11.2. The maximum absolute atomic E-state index is 8.06. The molecule has 0 unspecified atom stereocenters. The van der Waals surface area contributed by atoms with Crippen molar-refractivity contribution < 1.29 is 18.4 Å². The highest BCUT2D eigenvalue weighted by Gasteiger charge is 2.40. The van der Waals surface area contributed by atoms with Crippen molar-refractivity contribution >= 4 is 8.80 Å². The third-order valence-corrected chi connectivity index (χ3v) is 5.38. The van der Waals surface area contributed by atoms with Gasteiger partial charge in [-0.3, -0.25) is 0 Å². The lowest BCUT2D eigenvalue weighted by Crippen LogP contribution is -2.48. The van der Waals surface area contributed by atoms with Crippen molar-refractivity contribution in [1.82, 2.24) is 0 Å². The molecule has 0 aliphatic rings. The molecule has 122 valence electrons. The molecule has 0 spiro atoms. The molecule has 4 nitrogen and oxygen atoms in total. The first-order chi connectivity index (χ1) is 9.99. The van der Waals surface area contributed by atoms with Crippen molar-refractivity contribution in [3.05, 3.63) is 35.9 Å². The van der Waals surface area contributed by atoms with Gasteiger partial charge in [-0.2, -0.15) is 0 Å². The van der Waals surface area contributed by atoms with Crippen molar-refractivity contribution in [2.45, 2.75) is 46.8 Å². The molecule has 1 rings (SSSR count). The van der Waals surface area contributed by atoms with Crippen molar-refractivity contribution in [3.8, 4) is 0 Å². The zero-order valence-electron chi connectivity index (χ0n) is 14.0. The molecule has 1 aromatic carbocycles. The monoisotopic (exact) mass is 314 g/mol. The van der Waals surface area contributed by atoms with Gasteiger partial charge in [-0.05, 0) is 40.2 Å². The van der Waals surface area contributed by atoms with Gasteiger partial charge in [0, 0.05) is 32.0 Å². The minimum Gasteiger partial charge on any atom is -0.394 e. The summed E-state index contributed by atoms with van der Waals surface area (Å²) >= 11 is 0. The molecule has 1 aromatic rings. The molecule has 0 amide bonds. The minimum absolute atomic E-state index is 0.167. The highest BCUT2D eigenvalue weighted by atomic mass is 28.4. The molecule has 0 saturated heterocycles. The van der Waals surface area contributed by atoms with Crippen molar-refractivity contribution in [1.29, 1.82) is 0 Å². The molecule has 0 radical (unpaired) electrons. The van der Waals surface area contributed by atoms with Crippen LogP contribution >= 0.6 is 0 Å². The van der Waals surface area contributed by atoms with Gasteiger partial charge in [-0.25, -0.2) is 0 Å². The van der Waals surface area contributed by atoms with Crippen LogP contribution in [0.5, 0.6) is 0 Å². The number of aliphatic hydroxyl groups excluding tert-OH is 1. The summed E-state index contributed by atoms with van der Waals surface area (Å²) in [6.07, 6.45) is -0.167. The second-order valence-electron chi connectivity index (χ2n) is 4.74. The van der Waals surface area contributed by atoms with Crippen LogP contribution in [-0.2, 0) is 19.3 Å². The Morgan fingerprint density at radius 1 is 0.905 bits per heavy atom. The van der Waals surface area contributed by atoms with E-state index in [0.717, 1.165) is 6.04 Å². The predicted octanol–water partition coefficient (Wildman–Crippen LogP) is 3.20. The smallest absolute Gasteiger partial charge is 0.394 e. The molecule has 0 atom stereocenters. The molecular weight excluding hydrogens is 284 g/mol. The van der Waals surface area contributed by atoms with E-state index in [-0.39, 0.29) is 6.10 Å². The average Bonchev–Trinajstić information content (AvgIpc) is 2.40. The largest absolute Gasteiger partial charge is 0.505 e. The zero-order chi connectivity index (χ0) is 16.1. The molecule has 1 N–H and O–H groups in total. The first-order valence-corrected chi connectivity index (χ1v) is 9.56. The third kappa shape index (κ3) is 9.76. The predicted molar refractivity (Wildman–Crippen MR) is 88.1 cm³/mol. The Morgan fingerprint density at radius 3 is 1.62 bits per heavy atom. The van der Waals surface area contributed by atoms with Crippen LogP contribution in [0.15, 0.2) is 30.3 Å². The van der Waals surface area contributed by atoms with Crippen LogP contribution < -0.4 is 0 Å². The molecule has 21 heavy (non-hydrogen) atoms. The maximum Gasteiger partial charge on any atom is 0.505 e. The van der Waals surface area contributed by atoms with Crippen molar-refractivity contribution in [2.24, 2.45) is 0 Å². The van der Waals surface area contributed by atoms with Gasteiger partial charge in [0.1, 0.15) is 0 Å². The second-order valence-corrected chi connectivity index (χ2v) is 7.32. The van der Waals surface area contributed by atoms with E-state index >= 15 is 0 Å². The number of aliphatic hydroxyl groups is 1. The summed E-state index contributed by atoms with van der Waals surface area (Å²) in [5, 5.41) is 8.06. The summed E-state index contributed by atoms with van der Waals surface area (Å²) in [6, 6.07) is 11.0. The lowest BCUT2D eigenvalue weighted by molar-refractivity contribution is 0.0704. The fraction of sp³-hybridized carbons (Fsp3) is 0.625. The Balaban J connectivity index is 0.000000885. The topological polar surface area (TPSA) is 47.9 Å². The summed E-state index contributed by atoms with van der Waals surface area (Å²) in [6.45, 7) is 11.2. The Kier molecular flexibility index (Phi) is 11.5. The number of hydrogen-bond donors (Lipinski definition) is 1.